The third-order valence-electron chi connectivity index (χ3n) is 4.45. The van der Waals surface area contributed by atoms with Gasteiger partial charge in [0.2, 0.25) is 11.8 Å². The van der Waals surface area contributed by atoms with Crippen molar-refractivity contribution in [1.29, 1.82) is 0 Å². The molecule has 7 heteroatoms. The number of amides is 2. The Kier molecular flexibility index (Phi) is 6.92. The highest BCUT2D eigenvalue weighted by molar-refractivity contribution is 7.98. The van der Waals surface area contributed by atoms with Crippen molar-refractivity contribution in [2.24, 2.45) is 0 Å². The van der Waals surface area contributed by atoms with E-state index in [-0.39, 0.29) is 18.4 Å². The van der Waals surface area contributed by atoms with Crippen LogP contribution in [0.15, 0.2) is 30.3 Å². The summed E-state index contributed by atoms with van der Waals surface area (Å²) in [4.78, 5) is 24.5. The Morgan fingerprint density at radius 1 is 1.19 bits per heavy atom. The normalized spacial score (nSPS) is 12.6. The lowest BCUT2D eigenvalue weighted by molar-refractivity contribution is -0.122. The molecule has 1 aliphatic rings. The highest BCUT2D eigenvalue weighted by Gasteiger charge is 2.24. The molecule has 144 valence electrons. The van der Waals surface area contributed by atoms with Crippen LogP contribution in [0.2, 0.25) is 0 Å². The van der Waals surface area contributed by atoms with Crippen LogP contribution in [0.1, 0.15) is 43.0 Å². The van der Waals surface area contributed by atoms with Gasteiger partial charge < -0.3 is 10.6 Å². The van der Waals surface area contributed by atoms with Gasteiger partial charge >= 0.3 is 0 Å². The number of nitrogens with one attached hydrogen (secondary N) is 2. The zero-order chi connectivity index (χ0) is 19.1. The quantitative estimate of drug-likeness (QED) is 0.694. The van der Waals surface area contributed by atoms with Gasteiger partial charge in [0.15, 0.2) is 0 Å². The molecule has 0 saturated heterocycles. The Labute approximate surface area is 164 Å². The Balaban J connectivity index is 1.59. The number of fused-ring (bicyclic) bond motifs is 1. The number of rotatable bonds is 9. The van der Waals surface area contributed by atoms with Crippen LogP contribution >= 0.6 is 11.8 Å². The SMILES string of the molecule is CCCNC(=O)Cn1nc2c(c1NC(=O)CCCc1ccccc1)CSC2. The Hall–Kier alpha value is -2.28. The molecular formula is C20H26N4O2S. The molecule has 0 aliphatic carbocycles. The summed E-state index contributed by atoms with van der Waals surface area (Å²) in [6.07, 6.45) is 3.01. The van der Waals surface area contributed by atoms with Crippen LogP contribution < -0.4 is 10.6 Å². The molecule has 27 heavy (non-hydrogen) atoms. The lowest BCUT2D eigenvalue weighted by Gasteiger charge is -2.11. The lowest BCUT2D eigenvalue weighted by Crippen LogP contribution is -2.29. The lowest BCUT2D eigenvalue weighted by atomic mass is 10.1. The zero-order valence-corrected chi connectivity index (χ0v) is 16.5. The van der Waals surface area contributed by atoms with Crippen LogP contribution in [-0.2, 0) is 34.1 Å². The van der Waals surface area contributed by atoms with E-state index in [1.54, 1.807) is 16.4 Å². The number of hydrogen-bond donors (Lipinski definition) is 2. The van der Waals surface area contributed by atoms with Crippen molar-refractivity contribution >= 4 is 29.4 Å². The van der Waals surface area contributed by atoms with Gasteiger partial charge in [-0.2, -0.15) is 16.9 Å². The molecule has 0 fully saturated rings. The Bertz CT molecular complexity index is 789. The van der Waals surface area contributed by atoms with E-state index in [1.165, 1.54) is 5.56 Å². The summed E-state index contributed by atoms with van der Waals surface area (Å²) < 4.78 is 1.64. The van der Waals surface area contributed by atoms with Gasteiger partial charge in [-0.1, -0.05) is 37.3 Å². The van der Waals surface area contributed by atoms with Crippen LogP contribution in [-0.4, -0.2) is 28.1 Å². The molecule has 1 aromatic heterocycles. The van der Waals surface area contributed by atoms with E-state index in [1.807, 2.05) is 25.1 Å². The van der Waals surface area contributed by atoms with Crippen LogP contribution in [0, 0.1) is 0 Å². The molecule has 2 heterocycles. The maximum atomic E-state index is 12.5. The van der Waals surface area contributed by atoms with Gasteiger partial charge in [-0.15, -0.1) is 0 Å². The van der Waals surface area contributed by atoms with Gasteiger partial charge in [-0.3, -0.25) is 9.59 Å². The van der Waals surface area contributed by atoms with Crippen LogP contribution in [0.5, 0.6) is 0 Å². The molecule has 0 bridgehead atoms. The van der Waals surface area contributed by atoms with E-state index >= 15 is 0 Å². The van der Waals surface area contributed by atoms with E-state index in [0.29, 0.717) is 18.8 Å². The maximum absolute atomic E-state index is 12.5. The molecule has 3 rings (SSSR count). The molecule has 2 amide bonds. The smallest absolute Gasteiger partial charge is 0.241 e. The highest BCUT2D eigenvalue weighted by atomic mass is 32.2. The standard InChI is InChI=1S/C20H26N4O2S/c1-2-11-21-19(26)12-24-20(16-13-27-14-17(16)23-24)22-18(25)10-6-9-15-7-4-3-5-8-15/h3-5,7-8H,2,6,9-14H2,1H3,(H,21,26)(H,22,25). The number of aryl methyl sites for hydroxylation is 1. The highest BCUT2D eigenvalue weighted by Crippen LogP contribution is 2.34. The largest absolute Gasteiger partial charge is 0.355 e. The number of carbonyl (C=O) groups excluding carboxylic acids is 2. The molecule has 1 aliphatic heterocycles. The average Bonchev–Trinajstić information content (AvgIpc) is 3.24. The molecule has 0 unspecified atom stereocenters. The zero-order valence-electron chi connectivity index (χ0n) is 15.7. The molecule has 0 spiro atoms. The van der Waals surface area contributed by atoms with Crippen molar-refractivity contribution in [3.05, 3.63) is 47.2 Å². The summed E-state index contributed by atoms with van der Waals surface area (Å²) in [5, 5.41) is 10.4. The predicted molar refractivity (Wildman–Crippen MR) is 109 cm³/mol. The third kappa shape index (κ3) is 5.35. The van der Waals surface area contributed by atoms with Crippen molar-refractivity contribution in [3.63, 3.8) is 0 Å². The van der Waals surface area contributed by atoms with Gasteiger partial charge in [0.05, 0.1) is 5.69 Å². The van der Waals surface area contributed by atoms with Gasteiger partial charge in [-0.05, 0) is 24.8 Å². The minimum Gasteiger partial charge on any atom is -0.355 e. The first kappa shape index (κ1) is 19.5. The summed E-state index contributed by atoms with van der Waals surface area (Å²) in [7, 11) is 0. The minimum atomic E-state index is -0.0785. The minimum absolute atomic E-state index is 0.0271. The first-order valence-corrected chi connectivity index (χ1v) is 10.6. The van der Waals surface area contributed by atoms with Crippen molar-refractivity contribution in [3.8, 4) is 0 Å². The van der Waals surface area contributed by atoms with Crippen LogP contribution in [0.4, 0.5) is 5.82 Å². The Morgan fingerprint density at radius 2 is 2.00 bits per heavy atom. The molecule has 0 atom stereocenters. The molecular weight excluding hydrogens is 360 g/mol. The molecule has 0 saturated carbocycles. The number of hydrogen-bond acceptors (Lipinski definition) is 4. The number of benzene rings is 1. The third-order valence-corrected chi connectivity index (χ3v) is 5.42. The summed E-state index contributed by atoms with van der Waals surface area (Å²) >= 11 is 1.78. The predicted octanol–water partition coefficient (Wildman–Crippen LogP) is 3.12. The maximum Gasteiger partial charge on any atom is 0.241 e. The van der Waals surface area contributed by atoms with Gasteiger partial charge in [0.25, 0.3) is 0 Å². The second-order valence-electron chi connectivity index (χ2n) is 6.66. The van der Waals surface area contributed by atoms with E-state index in [0.717, 1.165) is 42.0 Å². The number of aromatic nitrogens is 2. The summed E-state index contributed by atoms with van der Waals surface area (Å²) in [5.41, 5.74) is 3.27. The number of carbonyl (C=O) groups is 2. The number of thioether (sulfide) groups is 1. The first-order valence-electron chi connectivity index (χ1n) is 9.44. The van der Waals surface area contributed by atoms with Crippen molar-refractivity contribution in [1.82, 2.24) is 15.1 Å². The van der Waals surface area contributed by atoms with Crippen molar-refractivity contribution < 1.29 is 9.59 Å². The van der Waals surface area contributed by atoms with E-state index in [4.69, 9.17) is 0 Å². The van der Waals surface area contributed by atoms with Crippen LogP contribution in [0.3, 0.4) is 0 Å². The average molecular weight is 387 g/mol. The fourth-order valence-electron chi connectivity index (χ4n) is 3.07. The summed E-state index contributed by atoms with van der Waals surface area (Å²) in [6, 6.07) is 10.2. The second-order valence-corrected chi connectivity index (χ2v) is 7.65. The molecule has 2 aromatic rings. The van der Waals surface area contributed by atoms with E-state index in [9.17, 15) is 9.59 Å². The number of anilines is 1. The van der Waals surface area contributed by atoms with Crippen molar-refractivity contribution in [2.45, 2.75) is 50.7 Å². The molecule has 6 nitrogen and oxygen atoms in total. The number of nitrogens with zero attached hydrogens (tertiary/aromatic N) is 2. The van der Waals surface area contributed by atoms with Crippen molar-refractivity contribution in [2.75, 3.05) is 11.9 Å². The molecule has 0 radical (unpaired) electrons. The van der Waals surface area contributed by atoms with E-state index in [2.05, 4.69) is 27.9 Å². The van der Waals surface area contributed by atoms with Gasteiger partial charge in [0.1, 0.15) is 12.4 Å². The monoisotopic (exact) mass is 386 g/mol. The first-order chi connectivity index (χ1) is 13.2. The fraction of sp³-hybridized carbons (Fsp3) is 0.450. The van der Waals surface area contributed by atoms with E-state index < -0.39 is 0 Å². The summed E-state index contributed by atoms with van der Waals surface area (Å²) in [5.74, 6) is 2.23. The fourth-order valence-corrected chi connectivity index (χ4v) is 4.10. The van der Waals surface area contributed by atoms with Gasteiger partial charge in [0, 0.05) is 30.0 Å². The summed E-state index contributed by atoms with van der Waals surface area (Å²) in [6.45, 7) is 2.80. The second kappa shape index (κ2) is 9.60. The molecule has 1 aromatic carbocycles. The van der Waals surface area contributed by atoms with Crippen LogP contribution in [0.25, 0.3) is 0 Å². The molecule has 2 N–H and O–H groups in total. The topological polar surface area (TPSA) is 76.0 Å². The van der Waals surface area contributed by atoms with Gasteiger partial charge in [-0.25, -0.2) is 4.68 Å². The Morgan fingerprint density at radius 3 is 2.78 bits per heavy atom.